The third kappa shape index (κ3) is 2.03. The highest BCUT2D eigenvalue weighted by atomic mass is 32.1. The Kier molecular flexibility index (Phi) is 2.86. The second kappa shape index (κ2) is 4.52. The lowest BCUT2D eigenvalue weighted by atomic mass is 10.1. The summed E-state index contributed by atoms with van der Waals surface area (Å²) in [6, 6.07) is 14.8. The number of benzene rings is 2. The molecule has 3 heteroatoms. The molecule has 0 amide bonds. The van der Waals surface area contributed by atoms with Gasteiger partial charge in [0.15, 0.2) is 0 Å². The van der Waals surface area contributed by atoms with Crippen molar-refractivity contribution in [1.29, 1.82) is 0 Å². The van der Waals surface area contributed by atoms with Crippen LogP contribution in [0, 0.1) is 0 Å². The maximum Gasteiger partial charge on any atom is 0.110 e. The minimum absolute atomic E-state index is 0.00389. The van der Waals surface area contributed by atoms with Crippen LogP contribution in [0.5, 0.6) is 0 Å². The van der Waals surface area contributed by atoms with E-state index in [1.54, 1.807) is 11.3 Å². The van der Waals surface area contributed by atoms with Gasteiger partial charge in [-0.3, -0.25) is 0 Å². The van der Waals surface area contributed by atoms with Gasteiger partial charge in [0.1, 0.15) is 5.01 Å². The van der Waals surface area contributed by atoms with Gasteiger partial charge >= 0.3 is 0 Å². The highest BCUT2D eigenvalue weighted by Gasteiger charge is 2.08. The van der Waals surface area contributed by atoms with Crippen molar-refractivity contribution in [3.05, 3.63) is 52.9 Å². The maximum absolute atomic E-state index is 5.84. The summed E-state index contributed by atoms with van der Waals surface area (Å²) in [4.78, 5) is 4.58. The molecule has 0 radical (unpaired) electrons. The van der Waals surface area contributed by atoms with Crippen molar-refractivity contribution in [3.63, 3.8) is 0 Å². The molecule has 3 aromatic rings. The Balaban J connectivity index is 2.07. The maximum atomic E-state index is 5.84. The molecule has 0 aliphatic rings. The molecule has 2 nitrogen and oxygen atoms in total. The molecule has 0 fully saturated rings. The van der Waals surface area contributed by atoms with E-state index < -0.39 is 0 Å². The molecular formula is C15H14N2S. The number of thiazole rings is 1. The minimum atomic E-state index is 0.00389. The van der Waals surface area contributed by atoms with Gasteiger partial charge in [-0.25, -0.2) is 4.98 Å². The van der Waals surface area contributed by atoms with Crippen molar-refractivity contribution in [2.75, 3.05) is 0 Å². The fraction of sp³-hybridized carbons (Fsp3) is 0.133. The molecule has 1 heterocycles. The number of nitrogens with two attached hydrogens (primary N) is 1. The lowest BCUT2D eigenvalue weighted by molar-refractivity contribution is 0.808. The third-order valence-electron chi connectivity index (χ3n) is 2.96. The van der Waals surface area contributed by atoms with Crippen LogP contribution in [0.3, 0.4) is 0 Å². The molecular weight excluding hydrogens is 240 g/mol. The monoisotopic (exact) mass is 254 g/mol. The summed E-state index contributed by atoms with van der Waals surface area (Å²) in [5.74, 6) is 0. The molecule has 3 rings (SSSR count). The number of hydrogen-bond donors (Lipinski definition) is 1. The molecule has 0 saturated carbocycles. The van der Waals surface area contributed by atoms with E-state index in [0.717, 1.165) is 16.3 Å². The molecule has 1 aromatic heterocycles. The zero-order valence-electron chi connectivity index (χ0n) is 10.1. The Labute approximate surface area is 110 Å². The van der Waals surface area contributed by atoms with Crippen molar-refractivity contribution in [3.8, 4) is 11.3 Å². The van der Waals surface area contributed by atoms with Crippen LogP contribution in [0.15, 0.2) is 47.8 Å². The van der Waals surface area contributed by atoms with Gasteiger partial charge in [0, 0.05) is 10.9 Å². The average Bonchev–Trinajstić information content (AvgIpc) is 2.88. The molecule has 2 N–H and O–H groups in total. The number of aromatic nitrogens is 1. The predicted molar refractivity (Wildman–Crippen MR) is 77.7 cm³/mol. The first-order chi connectivity index (χ1) is 8.74. The lowest BCUT2D eigenvalue weighted by Gasteiger charge is -2.01. The Bertz CT molecular complexity index is 686. The summed E-state index contributed by atoms with van der Waals surface area (Å²) >= 11 is 1.62. The second-order valence-electron chi connectivity index (χ2n) is 4.42. The SMILES string of the molecule is CC(N)c1nc(-c2ccc3ccccc3c2)cs1. The van der Waals surface area contributed by atoms with Crippen LogP contribution in [-0.2, 0) is 0 Å². The fourth-order valence-electron chi connectivity index (χ4n) is 1.98. The number of nitrogens with zero attached hydrogens (tertiary/aromatic N) is 1. The zero-order valence-corrected chi connectivity index (χ0v) is 10.9. The largest absolute Gasteiger partial charge is 0.322 e. The quantitative estimate of drug-likeness (QED) is 0.751. The van der Waals surface area contributed by atoms with E-state index in [2.05, 4.69) is 52.8 Å². The molecule has 0 aliphatic carbocycles. The van der Waals surface area contributed by atoms with E-state index >= 15 is 0 Å². The first kappa shape index (κ1) is 11.4. The first-order valence-electron chi connectivity index (χ1n) is 5.94. The average molecular weight is 254 g/mol. The second-order valence-corrected chi connectivity index (χ2v) is 5.31. The van der Waals surface area contributed by atoms with Crippen LogP contribution in [0.1, 0.15) is 18.0 Å². The van der Waals surface area contributed by atoms with Crippen LogP contribution in [0.25, 0.3) is 22.0 Å². The molecule has 1 unspecified atom stereocenters. The van der Waals surface area contributed by atoms with E-state index in [1.807, 2.05) is 6.92 Å². The molecule has 2 aromatic carbocycles. The predicted octanol–water partition coefficient (Wildman–Crippen LogP) is 3.98. The normalized spacial score (nSPS) is 12.8. The van der Waals surface area contributed by atoms with Crippen molar-refractivity contribution in [2.45, 2.75) is 13.0 Å². The summed E-state index contributed by atoms with van der Waals surface area (Å²) in [6.45, 7) is 1.96. The smallest absolute Gasteiger partial charge is 0.110 e. The molecule has 0 bridgehead atoms. The topological polar surface area (TPSA) is 38.9 Å². The number of hydrogen-bond acceptors (Lipinski definition) is 3. The van der Waals surface area contributed by atoms with Crippen molar-refractivity contribution < 1.29 is 0 Å². The van der Waals surface area contributed by atoms with Gasteiger partial charge in [-0.2, -0.15) is 0 Å². The molecule has 0 saturated heterocycles. The fourth-order valence-corrected chi connectivity index (χ4v) is 2.76. The summed E-state index contributed by atoms with van der Waals surface area (Å²) < 4.78 is 0. The van der Waals surface area contributed by atoms with Crippen molar-refractivity contribution >= 4 is 22.1 Å². The van der Waals surface area contributed by atoms with Crippen LogP contribution in [0.2, 0.25) is 0 Å². The minimum Gasteiger partial charge on any atom is -0.322 e. The molecule has 0 aliphatic heterocycles. The Hall–Kier alpha value is -1.71. The van der Waals surface area contributed by atoms with Crippen LogP contribution >= 0.6 is 11.3 Å². The zero-order chi connectivity index (χ0) is 12.5. The Morgan fingerprint density at radius 1 is 1.11 bits per heavy atom. The van der Waals surface area contributed by atoms with Crippen LogP contribution in [0.4, 0.5) is 0 Å². The summed E-state index contributed by atoms with van der Waals surface area (Å²) in [5, 5.41) is 5.55. The van der Waals surface area contributed by atoms with Gasteiger partial charge in [0.2, 0.25) is 0 Å². The van der Waals surface area contributed by atoms with Crippen LogP contribution < -0.4 is 5.73 Å². The van der Waals surface area contributed by atoms with E-state index in [0.29, 0.717) is 0 Å². The highest BCUT2D eigenvalue weighted by Crippen LogP contribution is 2.27. The summed E-state index contributed by atoms with van der Waals surface area (Å²) in [5.41, 5.74) is 8.01. The molecule has 1 atom stereocenters. The Morgan fingerprint density at radius 2 is 1.89 bits per heavy atom. The van der Waals surface area contributed by atoms with Gasteiger partial charge in [-0.15, -0.1) is 11.3 Å². The van der Waals surface area contributed by atoms with E-state index in [9.17, 15) is 0 Å². The Morgan fingerprint density at radius 3 is 2.61 bits per heavy atom. The van der Waals surface area contributed by atoms with Crippen LogP contribution in [-0.4, -0.2) is 4.98 Å². The third-order valence-corrected chi connectivity index (χ3v) is 4.00. The van der Waals surface area contributed by atoms with Gasteiger partial charge in [-0.05, 0) is 23.8 Å². The van der Waals surface area contributed by atoms with E-state index in [1.165, 1.54) is 10.8 Å². The summed E-state index contributed by atoms with van der Waals surface area (Å²) in [7, 11) is 0. The van der Waals surface area contributed by atoms with E-state index in [4.69, 9.17) is 5.73 Å². The lowest BCUT2D eigenvalue weighted by Crippen LogP contribution is -2.03. The van der Waals surface area contributed by atoms with Gasteiger partial charge in [0.25, 0.3) is 0 Å². The van der Waals surface area contributed by atoms with Gasteiger partial charge in [-0.1, -0.05) is 36.4 Å². The van der Waals surface area contributed by atoms with Gasteiger partial charge < -0.3 is 5.73 Å². The van der Waals surface area contributed by atoms with Crippen molar-refractivity contribution in [1.82, 2.24) is 4.98 Å². The van der Waals surface area contributed by atoms with Crippen molar-refractivity contribution in [2.24, 2.45) is 5.73 Å². The van der Waals surface area contributed by atoms with Gasteiger partial charge in [0.05, 0.1) is 11.7 Å². The first-order valence-corrected chi connectivity index (χ1v) is 6.82. The molecule has 90 valence electrons. The molecule has 18 heavy (non-hydrogen) atoms. The standard InChI is InChI=1S/C15H14N2S/c1-10(16)15-17-14(9-18-15)13-7-6-11-4-2-3-5-12(11)8-13/h2-10H,16H2,1H3. The van der Waals surface area contributed by atoms with E-state index in [-0.39, 0.29) is 6.04 Å². The highest BCUT2D eigenvalue weighted by molar-refractivity contribution is 7.10. The summed E-state index contributed by atoms with van der Waals surface area (Å²) in [6.07, 6.45) is 0. The number of fused-ring (bicyclic) bond motifs is 1. The molecule has 0 spiro atoms. The number of rotatable bonds is 2.